The van der Waals surface area contributed by atoms with Crippen molar-refractivity contribution in [2.24, 2.45) is 0 Å². The van der Waals surface area contributed by atoms with Crippen molar-refractivity contribution in [3.63, 3.8) is 0 Å². The summed E-state index contributed by atoms with van der Waals surface area (Å²) >= 11 is 0. The number of imide groups is 1. The molecule has 0 unspecified atom stereocenters. The fraction of sp³-hybridized carbons (Fsp3) is 0.700. The molecule has 0 aromatic rings. The molecular formula is C20H32N2O6. The fourth-order valence-corrected chi connectivity index (χ4v) is 2.47. The fourth-order valence-electron chi connectivity index (χ4n) is 2.47. The second-order valence-corrected chi connectivity index (χ2v) is 8.12. The van der Waals surface area contributed by atoms with Crippen molar-refractivity contribution in [2.75, 3.05) is 26.3 Å². The Morgan fingerprint density at radius 2 is 1.57 bits per heavy atom. The molecule has 0 aromatic carbocycles. The van der Waals surface area contributed by atoms with Gasteiger partial charge in [-0.2, -0.15) is 0 Å². The van der Waals surface area contributed by atoms with Gasteiger partial charge in [0.25, 0.3) is 11.8 Å². The van der Waals surface area contributed by atoms with Gasteiger partial charge in [-0.25, -0.2) is 0 Å². The van der Waals surface area contributed by atoms with Gasteiger partial charge in [0.2, 0.25) is 5.91 Å². The quantitative estimate of drug-likeness (QED) is 0.472. The van der Waals surface area contributed by atoms with Crippen LogP contribution in [0.2, 0.25) is 0 Å². The molecule has 1 rings (SSSR count). The number of nitrogens with zero attached hydrogens (tertiary/aromatic N) is 1. The predicted molar refractivity (Wildman–Crippen MR) is 103 cm³/mol. The van der Waals surface area contributed by atoms with E-state index in [1.807, 2.05) is 27.7 Å². The van der Waals surface area contributed by atoms with E-state index in [1.165, 1.54) is 19.1 Å². The predicted octanol–water partition coefficient (Wildman–Crippen LogP) is 1.38. The molecule has 0 atom stereocenters. The highest BCUT2D eigenvalue weighted by Gasteiger charge is 2.25. The van der Waals surface area contributed by atoms with Crippen molar-refractivity contribution >= 4 is 23.5 Å². The summed E-state index contributed by atoms with van der Waals surface area (Å²) in [6, 6.07) is 0. The van der Waals surface area contributed by atoms with Gasteiger partial charge >= 0.3 is 0 Å². The van der Waals surface area contributed by atoms with Gasteiger partial charge in [0.1, 0.15) is 6.61 Å². The van der Waals surface area contributed by atoms with Crippen LogP contribution in [0, 0.1) is 0 Å². The van der Waals surface area contributed by atoms with Crippen LogP contribution in [0.5, 0.6) is 0 Å². The van der Waals surface area contributed by atoms with Crippen LogP contribution < -0.4 is 5.32 Å². The molecule has 28 heavy (non-hydrogen) atoms. The SMILES string of the molecule is CC(=O)COC(C)(C)CCOC(C)(C)CCNC(=O)CCN1C(=O)C=CC1=O. The summed E-state index contributed by atoms with van der Waals surface area (Å²) in [4.78, 5) is 46.8. The standard InChI is InChI=1S/C20H32N2O6/c1-15(23)14-28-20(4,5)10-13-27-19(2,3)9-11-21-16(24)8-12-22-17(25)6-7-18(22)26/h6-7H,8-14H2,1-5H3,(H,21,24). The first kappa shape index (κ1) is 24.0. The zero-order chi connectivity index (χ0) is 21.4. The molecule has 0 saturated heterocycles. The van der Waals surface area contributed by atoms with E-state index in [0.717, 1.165) is 4.90 Å². The van der Waals surface area contributed by atoms with Gasteiger partial charge in [0.05, 0.1) is 17.8 Å². The van der Waals surface area contributed by atoms with Gasteiger partial charge in [-0.1, -0.05) is 0 Å². The number of Topliss-reactive ketones (excluding diaryl/α,β-unsaturated/α-hetero) is 1. The third kappa shape index (κ3) is 9.23. The summed E-state index contributed by atoms with van der Waals surface area (Å²) < 4.78 is 11.5. The van der Waals surface area contributed by atoms with E-state index >= 15 is 0 Å². The lowest BCUT2D eigenvalue weighted by molar-refractivity contribution is -0.137. The highest BCUT2D eigenvalue weighted by Crippen LogP contribution is 2.19. The van der Waals surface area contributed by atoms with E-state index in [-0.39, 0.29) is 43.1 Å². The first-order chi connectivity index (χ1) is 12.9. The Hall–Kier alpha value is -2.06. The molecule has 0 saturated carbocycles. The van der Waals surface area contributed by atoms with Gasteiger partial charge < -0.3 is 14.8 Å². The number of carbonyl (C=O) groups is 4. The molecule has 1 heterocycles. The number of ketones is 1. The minimum atomic E-state index is -0.449. The summed E-state index contributed by atoms with van der Waals surface area (Å²) in [5, 5.41) is 2.78. The van der Waals surface area contributed by atoms with Crippen LogP contribution in [0.4, 0.5) is 0 Å². The largest absolute Gasteiger partial charge is 0.375 e. The Balaban J connectivity index is 2.22. The maximum atomic E-state index is 11.9. The first-order valence-electron chi connectivity index (χ1n) is 9.49. The van der Waals surface area contributed by atoms with Crippen molar-refractivity contribution < 1.29 is 28.7 Å². The van der Waals surface area contributed by atoms with E-state index in [9.17, 15) is 19.2 Å². The van der Waals surface area contributed by atoms with Gasteiger partial charge in [-0.15, -0.1) is 0 Å². The van der Waals surface area contributed by atoms with Crippen LogP contribution >= 0.6 is 0 Å². The van der Waals surface area contributed by atoms with Crippen LogP contribution in [-0.4, -0.2) is 65.9 Å². The molecule has 0 fully saturated rings. The maximum absolute atomic E-state index is 11.9. The zero-order valence-corrected chi connectivity index (χ0v) is 17.5. The van der Waals surface area contributed by atoms with E-state index < -0.39 is 11.2 Å². The summed E-state index contributed by atoms with van der Waals surface area (Å²) in [6.07, 6.45) is 3.72. The molecule has 0 aliphatic carbocycles. The van der Waals surface area contributed by atoms with Crippen molar-refractivity contribution in [3.05, 3.63) is 12.2 Å². The molecule has 1 aliphatic rings. The normalized spacial score (nSPS) is 14.7. The van der Waals surface area contributed by atoms with Gasteiger partial charge in [-0.05, 0) is 47.5 Å². The van der Waals surface area contributed by atoms with Crippen molar-refractivity contribution in [1.82, 2.24) is 10.2 Å². The van der Waals surface area contributed by atoms with Gasteiger partial charge in [-0.3, -0.25) is 24.1 Å². The number of hydrogen-bond acceptors (Lipinski definition) is 6. The van der Waals surface area contributed by atoms with Crippen LogP contribution in [0.25, 0.3) is 0 Å². The molecule has 0 bridgehead atoms. The minimum absolute atomic E-state index is 0.0141. The lowest BCUT2D eigenvalue weighted by atomic mass is 10.0. The third-order valence-electron chi connectivity index (χ3n) is 4.38. The molecule has 158 valence electrons. The third-order valence-corrected chi connectivity index (χ3v) is 4.38. The lowest BCUT2D eigenvalue weighted by Gasteiger charge is -2.29. The Labute approximate surface area is 166 Å². The highest BCUT2D eigenvalue weighted by molar-refractivity contribution is 6.13. The number of hydrogen-bond donors (Lipinski definition) is 1. The number of nitrogens with one attached hydrogen (secondary N) is 1. The topological polar surface area (TPSA) is 102 Å². The molecule has 8 nitrogen and oxygen atoms in total. The van der Waals surface area contributed by atoms with E-state index in [1.54, 1.807) is 0 Å². The number of amides is 3. The number of ether oxygens (including phenoxy) is 2. The Bertz CT molecular complexity index is 606. The second-order valence-electron chi connectivity index (χ2n) is 8.12. The van der Waals surface area contributed by atoms with Crippen molar-refractivity contribution in [1.29, 1.82) is 0 Å². The van der Waals surface area contributed by atoms with Crippen LogP contribution in [0.1, 0.15) is 53.9 Å². The van der Waals surface area contributed by atoms with Crippen LogP contribution in [0.15, 0.2) is 12.2 Å². The Morgan fingerprint density at radius 3 is 2.14 bits per heavy atom. The first-order valence-corrected chi connectivity index (χ1v) is 9.49. The van der Waals surface area contributed by atoms with E-state index in [2.05, 4.69) is 5.32 Å². The smallest absolute Gasteiger partial charge is 0.253 e. The average molecular weight is 396 g/mol. The van der Waals surface area contributed by atoms with Crippen LogP contribution in [-0.2, 0) is 28.7 Å². The molecule has 0 aromatic heterocycles. The Morgan fingerprint density at radius 1 is 1.00 bits per heavy atom. The minimum Gasteiger partial charge on any atom is -0.375 e. The lowest BCUT2D eigenvalue weighted by Crippen LogP contribution is -2.37. The molecule has 1 aliphatic heterocycles. The number of rotatable bonds is 13. The average Bonchev–Trinajstić information content (AvgIpc) is 2.89. The van der Waals surface area contributed by atoms with Gasteiger partial charge in [0.15, 0.2) is 5.78 Å². The van der Waals surface area contributed by atoms with E-state index in [4.69, 9.17) is 9.47 Å². The molecule has 3 amide bonds. The number of carbonyl (C=O) groups excluding carboxylic acids is 4. The molecule has 0 radical (unpaired) electrons. The summed E-state index contributed by atoms with van der Waals surface area (Å²) in [5.74, 6) is -1.01. The maximum Gasteiger partial charge on any atom is 0.253 e. The Kier molecular flexibility index (Phi) is 8.97. The molecule has 1 N–H and O–H groups in total. The van der Waals surface area contributed by atoms with Crippen molar-refractivity contribution in [2.45, 2.75) is 65.1 Å². The van der Waals surface area contributed by atoms with E-state index in [0.29, 0.717) is 26.0 Å². The van der Waals surface area contributed by atoms with Gasteiger partial charge in [0, 0.05) is 31.7 Å². The van der Waals surface area contributed by atoms with Crippen LogP contribution in [0.3, 0.4) is 0 Å². The van der Waals surface area contributed by atoms with Crippen molar-refractivity contribution in [3.8, 4) is 0 Å². The molecule has 8 heteroatoms. The second kappa shape index (κ2) is 10.5. The molecular weight excluding hydrogens is 364 g/mol. The summed E-state index contributed by atoms with van der Waals surface area (Å²) in [5.41, 5.74) is -0.885. The monoisotopic (exact) mass is 396 g/mol. The summed E-state index contributed by atoms with van der Waals surface area (Å²) in [6.45, 7) is 10.3. The molecule has 0 spiro atoms. The zero-order valence-electron chi connectivity index (χ0n) is 17.5. The summed E-state index contributed by atoms with van der Waals surface area (Å²) in [7, 11) is 0. The highest BCUT2D eigenvalue weighted by atomic mass is 16.5.